The Hall–Kier alpha value is -3.86. The molecule has 5 heteroatoms. The molecule has 1 N–H and O–H groups in total. The van der Waals surface area contributed by atoms with Crippen molar-refractivity contribution in [1.29, 1.82) is 0 Å². The normalized spacial score (nSPS) is 14.0. The molecule has 3 aromatic carbocycles. The summed E-state index contributed by atoms with van der Waals surface area (Å²) >= 11 is 0. The highest BCUT2D eigenvalue weighted by Gasteiger charge is 2.25. The minimum atomic E-state index is -0.953. The number of carboxylic acids is 1. The van der Waals surface area contributed by atoms with Crippen molar-refractivity contribution >= 4 is 23.2 Å². The first-order valence-corrected chi connectivity index (χ1v) is 9.80. The molecular weight excluding hydrogens is 395 g/mol. The van der Waals surface area contributed by atoms with Gasteiger partial charge >= 0.3 is 5.97 Å². The van der Waals surface area contributed by atoms with Gasteiger partial charge in [0.15, 0.2) is 0 Å². The third-order valence-electron chi connectivity index (χ3n) is 5.21. The Kier molecular flexibility index (Phi) is 5.58. The summed E-state index contributed by atoms with van der Waals surface area (Å²) in [7, 11) is 1.59. The summed E-state index contributed by atoms with van der Waals surface area (Å²) in [6.45, 7) is 1.86. The Morgan fingerprint density at radius 3 is 2.42 bits per heavy atom. The Labute approximate surface area is 179 Å². The van der Waals surface area contributed by atoms with Crippen molar-refractivity contribution in [3.63, 3.8) is 0 Å². The van der Waals surface area contributed by atoms with E-state index in [0.29, 0.717) is 28.4 Å². The zero-order valence-electron chi connectivity index (χ0n) is 17.2. The second kappa shape index (κ2) is 8.48. The van der Waals surface area contributed by atoms with Gasteiger partial charge in [-0.15, -0.1) is 0 Å². The minimum Gasteiger partial charge on any atom is -0.497 e. The number of ether oxygens (including phenoxy) is 2. The molecule has 0 aromatic heterocycles. The molecule has 0 heterocycles. The van der Waals surface area contributed by atoms with Crippen LogP contribution in [0.3, 0.4) is 0 Å². The first-order chi connectivity index (χ1) is 14.9. The maximum atomic E-state index is 13.9. The summed E-state index contributed by atoms with van der Waals surface area (Å²) in [6.07, 6.45) is 1.78. The van der Waals surface area contributed by atoms with Crippen molar-refractivity contribution < 1.29 is 23.8 Å². The van der Waals surface area contributed by atoms with Crippen LogP contribution in [0.2, 0.25) is 0 Å². The van der Waals surface area contributed by atoms with Crippen LogP contribution in [0.5, 0.6) is 17.2 Å². The van der Waals surface area contributed by atoms with E-state index < -0.39 is 11.8 Å². The monoisotopic (exact) mass is 416 g/mol. The number of allylic oxidation sites excluding steroid dienone is 2. The average Bonchev–Trinajstić information content (AvgIpc) is 2.99. The van der Waals surface area contributed by atoms with Crippen LogP contribution in [0.1, 0.15) is 30.0 Å². The lowest BCUT2D eigenvalue weighted by Gasteiger charge is -2.10. The lowest BCUT2D eigenvalue weighted by atomic mass is 10.0. The molecule has 156 valence electrons. The maximum Gasteiger partial charge on any atom is 0.307 e. The van der Waals surface area contributed by atoms with Gasteiger partial charge in [0.2, 0.25) is 0 Å². The number of carbonyl (C=O) groups is 1. The minimum absolute atomic E-state index is 0.167. The van der Waals surface area contributed by atoms with Crippen LogP contribution in [-0.4, -0.2) is 18.2 Å². The highest BCUT2D eigenvalue weighted by molar-refractivity contribution is 6.07. The van der Waals surface area contributed by atoms with Gasteiger partial charge in [0, 0.05) is 6.07 Å². The molecule has 0 unspecified atom stereocenters. The van der Waals surface area contributed by atoms with E-state index in [1.807, 2.05) is 55.5 Å². The molecule has 0 saturated carbocycles. The maximum absolute atomic E-state index is 13.9. The predicted octanol–water partition coefficient (Wildman–Crippen LogP) is 6.43. The van der Waals surface area contributed by atoms with Crippen LogP contribution in [0, 0.1) is 5.82 Å². The summed E-state index contributed by atoms with van der Waals surface area (Å²) in [4.78, 5) is 11.4. The van der Waals surface area contributed by atoms with Crippen LogP contribution in [0.15, 0.2) is 72.3 Å². The first-order valence-electron chi connectivity index (χ1n) is 9.80. The van der Waals surface area contributed by atoms with Gasteiger partial charge in [-0.05, 0) is 82.8 Å². The highest BCUT2D eigenvalue weighted by atomic mass is 19.1. The lowest BCUT2D eigenvalue weighted by molar-refractivity contribution is -0.135. The Morgan fingerprint density at radius 1 is 0.968 bits per heavy atom. The number of benzene rings is 3. The smallest absolute Gasteiger partial charge is 0.307 e. The quantitative estimate of drug-likeness (QED) is 0.503. The molecule has 0 bridgehead atoms. The molecule has 0 aliphatic heterocycles. The van der Waals surface area contributed by atoms with Crippen LogP contribution < -0.4 is 9.47 Å². The number of hydrogen-bond donors (Lipinski definition) is 1. The second-order valence-corrected chi connectivity index (χ2v) is 7.28. The molecule has 1 aliphatic carbocycles. The van der Waals surface area contributed by atoms with Gasteiger partial charge in [-0.3, -0.25) is 4.79 Å². The SMILES string of the molecule is COc1cc(/C=C2/C(C)=C(CC(=O)O)c3cc(F)ccc32)cc(Oc2ccccc2)c1. The highest BCUT2D eigenvalue weighted by Crippen LogP contribution is 2.44. The molecular formula is C26H21FO4. The van der Waals surface area contributed by atoms with E-state index >= 15 is 0 Å². The van der Waals surface area contributed by atoms with Crippen molar-refractivity contribution in [3.8, 4) is 17.2 Å². The summed E-state index contributed by atoms with van der Waals surface area (Å²) in [5.74, 6) is 0.601. The average molecular weight is 416 g/mol. The van der Waals surface area contributed by atoms with Crippen LogP contribution in [0.4, 0.5) is 4.39 Å². The van der Waals surface area contributed by atoms with Gasteiger partial charge in [0.25, 0.3) is 0 Å². The van der Waals surface area contributed by atoms with Gasteiger partial charge in [-0.25, -0.2) is 4.39 Å². The Balaban J connectivity index is 1.79. The van der Waals surface area contributed by atoms with E-state index in [9.17, 15) is 14.3 Å². The summed E-state index contributed by atoms with van der Waals surface area (Å²) < 4.78 is 25.3. The summed E-state index contributed by atoms with van der Waals surface area (Å²) in [5.41, 5.74) is 4.54. The fourth-order valence-electron chi connectivity index (χ4n) is 3.78. The molecule has 3 aromatic rings. The van der Waals surface area contributed by atoms with Gasteiger partial charge in [0.1, 0.15) is 23.1 Å². The van der Waals surface area contributed by atoms with E-state index in [-0.39, 0.29) is 6.42 Å². The van der Waals surface area contributed by atoms with Crippen molar-refractivity contribution in [2.75, 3.05) is 7.11 Å². The number of methoxy groups -OCH3 is 1. The van der Waals surface area contributed by atoms with Crippen molar-refractivity contribution in [2.24, 2.45) is 0 Å². The van der Waals surface area contributed by atoms with E-state index in [0.717, 1.165) is 22.3 Å². The molecule has 4 nitrogen and oxygen atoms in total. The molecule has 0 saturated heterocycles. The van der Waals surface area contributed by atoms with Gasteiger partial charge in [-0.1, -0.05) is 24.3 Å². The fourth-order valence-corrected chi connectivity index (χ4v) is 3.78. The molecule has 4 rings (SSSR count). The topological polar surface area (TPSA) is 55.8 Å². The van der Waals surface area contributed by atoms with E-state index in [1.54, 1.807) is 19.2 Å². The zero-order valence-corrected chi connectivity index (χ0v) is 17.2. The Morgan fingerprint density at radius 2 is 1.71 bits per heavy atom. The lowest BCUT2D eigenvalue weighted by Crippen LogP contribution is -1.97. The van der Waals surface area contributed by atoms with Gasteiger partial charge < -0.3 is 14.6 Å². The van der Waals surface area contributed by atoms with Crippen LogP contribution in [-0.2, 0) is 4.79 Å². The number of halogens is 1. The van der Waals surface area contributed by atoms with Crippen LogP contribution >= 0.6 is 0 Å². The third-order valence-corrected chi connectivity index (χ3v) is 5.21. The summed E-state index contributed by atoms with van der Waals surface area (Å²) in [5, 5.41) is 9.33. The molecule has 1 aliphatic rings. The number of fused-ring (bicyclic) bond motifs is 1. The molecule has 31 heavy (non-hydrogen) atoms. The number of hydrogen-bond acceptors (Lipinski definition) is 3. The fraction of sp³-hybridized carbons (Fsp3) is 0.115. The van der Waals surface area contributed by atoms with E-state index in [2.05, 4.69) is 0 Å². The third kappa shape index (κ3) is 4.36. The van der Waals surface area contributed by atoms with E-state index in [1.165, 1.54) is 12.1 Å². The van der Waals surface area contributed by atoms with Crippen molar-refractivity contribution in [1.82, 2.24) is 0 Å². The molecule has 0 amide bonds. The Bertz CT molecular complexity index is 1210. The zero-order chi connectivity index (χ0) is 22.0. The van der Waals surface area contributed by atoms with Crippen LogP contribution in [0.25, 0.3) is 17.2 Å². The number of aliphatic carboxylic acids is 1. The first kappa shape index (κ1) is 20.4. The van der Waals surface area contributed by atoms with Gasteiger partial charge in [-0.2, -0.15) is 0 Å². The largest absolute Gasteiger partial charge is 0.497 e. The molecule has 0 atom stereocenters. The molecule has 0 radical (unpaired) electrons. The number of rotatable bonds is 6. The van der Waals surface area contributed by atoms with Gasteiger partial charge in [0.05, 0.1) is 13.5 Å². The van der Waals surface area contributed by atoms with Crippen molar-refractivity contribution in [2.45, 2.75) is 13.3 Å². The second-order valence-electron chi connectivity index (χ2n) is 7.28. The predicted molar refractivity (Wildman–Crippen MR) is 119 cm³/mol. The molecule has 0 spiro atoms. The summed E-state index contributed by atoms with van der Waals surface area (Å²) in [6, 6.07) is 19.5. The van der Waals surface area contributed by atoms with Crippen molar-refractivity contribution in [3.05, 3.63) is 94.8 Å². The van der Waals surface area contributed by atoms with E-state index in [4.69, 9.17) is 9.47 Å². The molecule has 0 fully saturated rings. The standard InChI is InChI=1S/C26H21FO4/c1-16-23(22-9-8-18(27)13-25(22)24(16)15-26(28)29)12-17-10-20(30-2)14-21(11-17)31-19-6-4-3-5-7-19/h3-14H,15H2,1-2H3,(H,28,29)/b23-12-. The number of para-hydroxylation sites is 1. The number of carboxylic acid groups (broad SMARTS) is 1.